The number of hydrogen-bond donors (Lipinski definition) is 2. The van der Waals surface area contributed by atoms with E-state index in [2.05, 4.69) is 24.1 Å². The quantitative estimate of drug-likeness (QED) is 0.777. The van der Waals surface area contributed by atoms with Gasteiger partial charge < -0.3 is 10.4 Å². The van der Waals surface area contributed by atoms with Gasteiger partial charge in [-0.3, -0.25) is 0 Å². The number of nitrogens with zero attached hydrogens (tertiary/aromatic N) is 1. The van der Waals surface area contributed by atoms with Crippen molar-refractivity contribution in [2.45, 2.75) is 39.3 Å². The Morgan fingerprint density at radius 2 is 2.20 bits per heavy atom. The van der Waals surface area contributed by atoms with Gasteiger partial charge in [0.1, 0.15) is 5.82 Å². The Kier molecular flexibility index (Phi) is 2.43. The molecule has 0 aromatic carbocycles. The van der Waals surface area contributed by atoms with Crippen molar-refractivity contribution in [3.63, 3.8) is 0 Å². The third-order valence-corrected chi connectivity index (χ3v) is 3.43. The first-order chi connectivity index (χ1) is 7.00. The normalized spacial score (nSPS) is 28.3. The summed E-state index contributed by atoms with van der Waals surface area (Å²) < 4.78 is 0. The number of anilines is 1. The van der Waals surface area contributed by atoms with E-state index >= 15 is 0 Å². The molecule has 15 heavy (non-hydrogen) atoms. The zero-order valence-corrected chi connectivity index (χ0v) is 9.49. The van der Waals surface area contributed by atoms with Crippen molar-refractivity contribution in [3.05, 3.63) is 23.9 Å². The molecule has 0 saturated heterocycles. The molecule has 1 aromatic rings. The lowest BCUT2D eigenvalue weighted by atomic mass is 9.64. The molecule has 0 aliphatic heterocycles. The van der Waals surface area contributed by atoms with Crippen LogP contribution in [0.25, 0.3) is 0 Å². The minimum atomic E-state index is -0.195. The minimum Gasteiger partial charge on any atom is -0.392 e. The van der Waals surface area contributed by atoms with Crippen LogP contribution in [-0.4, -0.2) is 22.2 Å². The molecule has 0 bridgehead atoms. The van der Waals surface area contributed by atoms with Gasteiger partial charge in [-0.15, -0.1) is 0 Å². The fraction of sp³-hybridized carbons (Fsp3) is 0.583. The van der Waals surface area contributed by atoms with Crippen LogP contribution in [0.2, 0.25) is 0 Å². The van der Waals surface area contributed by atoms with Crippen LogP contribution >= 0.6 is 0 Å². The Bertz CT molecular complexity index is 362. The molecule has 1 aliphatic carbocycles. The fourth-order valence-corrected chi connectivity index (χ4v) is 1.95. The second-order valence-electron chi connectivity index (χ2n) is 4.93. The first-order valence-corrected chi connectivity index (χ1v) is 5.38. The van der Waals surface area contributed by atoms with Gasteiger partial charge in [0.25, 0.3) is 0 Å². The summed E-state index contributed by atoms with van der Waals surface area (Å²) in [6.45, 7) is 6.13. The third-order valence-electron chi connectivity index (χ3n) is 3.43. The van der Waals surface area contributed by atoms with Gasteiger partial charge in [0.2, 0.25) is 0 Å². The lowest BCUT2D eigenvalue weighted by Crippen LogP contribution is -2.57. The summed E-state index contributed by atoms with van der Waals surface area (Å²) in [5.41, 5.74) is 0.962. The SMILES string of the molecule is Cc1cccc(NC2CC(O)C2(C)C)n1. The van der Waals surface area contributed by atoms with Crippen molar-refractivity contribution >= 4 is 5.82 Å². The van der Waals surface area contributed by atoms with Gasteiger partial charge in [0, 0.05) is 17.2 Å². The van der Waals surface area contributed by atoms with Gasteiger partial charge in [-0.25, -0.2) is 4.98 Å². The number of aryl methyl sites for hydroxylation is 1. The summed E-state index contributed by atoms with van der Waals surface area (Å²) >= 11 is 0. The molecule has 0 amide bonds. The molecule has 3 nitrogen and oxygen atoms in total. The Hall–Kier alpha value is -1.09. The zero-order chi connectivity index (χ0) is 11.1. The average molecular weight is 206 g/mol. The highest BCUT2D eigenvalue weighted by Crippen LogP contribution is 2.41. The molecule has 1 saturated carbocycles. The van der Waals surface area contributed by atoms with E-state index in [-0.39, 0.29) is 11.5 Å². The number of hydrogen-bond acceptors (Lipinski definition) is 3. The van der Waals surface area contributed by atoms with Crippen LogP contribution in [-0.2, 0) is 0 Å². The highest BCUT2D eigenvalue weighted by Gasteiger charge is 2.47. The largest absolute Gasteiger partial charge is 0.392 e. The molecule has 3 heteroatoms. The average Bonchev–Trinajstić information content (AvgIpc) is 2.17. The van der Waals surface area contributed by atoms with Crippen LogP contribution in [0.15, 0.2) is 18.2 Å². The van der Waals surface area contributed by atoms with Gasteiger partial charge in [0.05, 0.1) is 6.10 Å². The lowest BCUT2D eigenvalue weighted by Gasteiger charge is -2.49. The Labute approximate surface area is 90.5 Å². The van der Waals surface area contributed by atoms with Crippen molar-refractivity contribution in [2.24, 2.45) is 5.41 Å². The highest BCUT2D eigenvalue weighted by atomic mass is 16.3. The summed E-state index contributed by atoms with van der Waals surface area (Å²) in [6, 6.07) is 6.26. The summed E-state index contributed by atoms with van der Waals surface area (Å²) in [4.78, 5) is 4.39. The van der Waals surface area contributed by atoms with Gasteiger partial charge in [-0.05, 0) is 25.5 Å². The molecule has 2 rings (SSSR count). The van der Waals surface area contributed by atoms with Crippen molar-refractivity contribution in [3.8, 4) is 0 Å². The summed E-state index contributed by atoms with van der Waals surface area (Å²) in [5.74, 6) is 0.903. The number of rotatable bonds is 2. The van der Waals surface area contributed by atoms with E-state index in [1.807, 2.05) is 25.1 Å². The number of pyridine rings is 1. The van der Waals surface area contributed by atoms with Crippen molar-refractivity contribution in [1.82, 2.24) is 4.98 Å². The standard InChI is InChI=1S/C12H18N2O/c1-8-5-4-6-11(13-8)14-9-7-10(15)12(9,2)3/h4-6,9-10,15H,7H2,1-3H3,(H,13,14). The monoisotopic (exact) mass is 206 g/mol. The van der Waals surface area contributed by atoms with E-state index in [0.717, 1.165) is 17.9 Å². The summed E-state index contributed by atoms with van der Waals surface area (Å²) in [5, 5.41) is 13.0. The van der Waals surface area contributed by atoms with E-state index in [9.17, 15) is 5.11 Å². The maximum Gasteiger partial charge on any atom is 0.126 e. The summed E-state index contributed by atoms with van der Waals surface area (Å²) in [7, 11) is 0. The first-order valence-electron chi connectivity index (χ1n) is 5.38. The van der Waals surface area contributed by atoms with Crippen LogP contribution in [0.5, 0.6) is 0 Å². The molecule has 2 atom stereocenters. The molecule has 2 N–H and O–H groups in total. The molecule has 0 radical (unpaired) electrons. The Morgan fingerprint density at radius 3 is 2.73 bits per heavy atom. The van der Waals surface area contributed by atoms with E-state index in [1.165, 1.54) is 0 Å². The van der Waals surface area contributed by atoms with Crippen LogP contribution in [0, 0.1) is 12.3 Å². The third kappa shape index (κ3) is 1.84. The summed E-state index contributed by atoms with van der Waals surface area (Å²) in [6.07, 6.45) is 0.614. The van der Waals surface area contributed by atoms with Crippen LogP contribution in [0.4, 0.5) is 5.82 Å². The molecule has 82 valence electrons. The molecule has 1 aliphatic rings. The van der Waals surface area contributed by atoms with E-state index in [0.29, 0.717) is 6.04 Å². The number of aromatic nitrogens is 1. The fourth-order valence-electron chi connectivity index (χ4n) is 1.95. The second kappa shape index (κ2) is 3.49. The molecule has 0 spiro atoms. The van der Waals surface area contributed by atoms with Crippen LogP contribution < -0.4 is 5.32 Å². The van der Waals surface area contributed by atoms with E-state index in [1.54, 1.807) is 0 Å². The van der Waals surface area contributed by atoms with Gasteiger partial charge in [-0.2, -0.15) is 0 Å². The van der Waals surface area contributed by atoms with Crippen molar-refractivity contribution in [2.75, 3.05) is 5.32 Å². The number of aliphatic hydroxyl groups excluding tert-OH is 1. The van der Waals surface area contributed by atoms with Crippen molar-refractivity contribution in [1.29, 1.82) is 0 Å². The van der Waals surface area contributed by atoms with E-state index < -0.39 is 0 Å². The van der Waals surface area contributed by atoms with Gasteiger partial charge in [-0.1, -0.05) is 19.9 Å². The maximum absolute atomic E-state index is 9.62. The molecule has 1 aromatic heterocycles. The lowest BCUT2D eigenvalue weighted by molar-refractivity contribution is -0.0511. The first kappa shape index (κ1) is 10.4. The predicted octanol–water partition coefficient (Wildman–Crippen LogP) is 1.96. The number of nitrogens with one attached hydrogen (secondary N) is 1. The molecule has 2 unspecified atom stereocenters. The maximum atomic E-state index is 9.62. The number of aliphatic hydroxyl groups is 1. The topological polar surface area (TPSA) is 45.1 Å². The highest BCUT2D eigenvalue weighted by molar-refractivity contribution is 5.38. The Morgan fingerprint density at radius 1 is 1.47 bits per heavy atom. The minimum absolute atomic E-state index is 0.0502. The van der Waals surface area contributed by atoms with Crippen molar-refractivity contribution < 1.29 is 5.11 Å². The van der Waals surface area contributed by atoms with E-state index in [4.69, 9.17) is 0 Å². The van der Waals surface area contributed by atoms with Gasteiger partial charge >= 0.3 is 0 Å². The molecule has 1 heterocycles. The van der Waals surface area contributed by atoms with Crippen LogP contribution in [0.1, 0.15) is 26.0 Å². The second-order valence-corrected chi connectivity index (χ2v) is 4.93. The molecular formula is C12H18N2O. The Balaban J connectivity index is 2.05. The molecular weight excluding hydrogens is 188 g/mol. The van der Waals surface area contributed by atoms with Crippen LogP contribution in [0.3, 0.4) is 0 Å². The smallest absolute Gasteiger partial charge is 0.126 e. The molecule has 1 fully saturated rings. The zero-order valence-electron chi connectivity index (χ0n) is 9.49. The van der Waals surface area contributed by atoms with Gasteiger partial charge in [0.15, 0.2) is 0 Å². The predicted molar refractivity (Wildman–Crippen MR) is 60.8 cm³/mol.